The zero-order valence-corrected chi connectivity index (χ0v) is 9.38. The van der Waals surface area contributed by atoms with Gasteiger partial charge in [0.05, 0.1) is 0 Å². The van der Waals surface area contributed by atoms with Crippen molar-refractivity contribution in [2.45, 2.75) is 9.92 Å². The monoisotopic (exact) mass is 251 g/mol. The van der Waals surface area contributed by atoms with Gasteiger partial charge in [0.15, 0.2) is 6.29 Å². The summed E-state index contributed by atoms with van der Waals surface area (Å²) in [6.07, 6.45) is 2.16. The van der Waals surface area contributed by atoms with Crippen molar-refractivity contribution in [2.75, 3.05) is 0 Å². The number of nitrogens with zero attached hydrogens (tertiary/aromatic N) is 1. The quantitative estimate of drug-likeness (QED) is 0.784. The van der Waals surface area contributed by atoms with E-state index in [9.17, 15) is 13.6 Å². The van der Waals surface area contributed by atoms with E-state index in [4.69, 9.17) is 0 Å². The molecule has 86 valence electrons. The van der Waals surface area contributed by atoms with E-state index in [2.05, 4.69) is 4.98 Å². The van der Waals surface area contributed by atoms with Crippen molar-refractivity contribution >= 4 is 18.0 Å². The maximum absolute atomic E-state index is 13.4. The van der Waals surface area contributed by atoms with Gasteiger partial charge in [-0.05, 0) is 24.3 Å². The van der Waals surface area contributed by atoms with Crippen molar-refractivity contribution in [3.8, 4) is 0 Å². The maximum atomic E-state index is 13.4. The standard InChI is InChI=1S/C12H7F2NOS/c13-9-3-4-11(10(14)6-9)17-12-8(7-16)2-1-5-15-12/h1-7H. The number of benzene rings is 1. The predicted octanol–water partition coefficient (Wildman–Crippen LogP) is 3.32. The first-order chi connectivity index (χ1) is 8.20. The molecular formula is C12H7F2NOS. The largest absolute Gasteiger partial charge is 0.298 e. The molecule has 1 heterocycles. The van der Waals surface area contributed by atoms with Crippen molar-refractivity contribution < 1.29 is 13.6 Å². The highest BCUT2D eigenvalue weighted by molar-refractivity contribution is 7.99. The van der Waals surface area contributed by atoms with Crippen molar-refractivity contribution in [2.24, 2.45) is 0 Å². The van der Waals surface area contributed by atoms with E-state index in [1.807, 2.05) is 0 Å². The molecule has 0 saturated heterocycles. The molecule has 2 nitrogen and oxygen atoms in total. The number of hydrogen-bond donors (Lipinski definition) is 0. The fraction of sp³-hybridized carbons (Fsp3) is 0. The number of carbonyl (C=O) groups is 1. The molecule has 1 aromatic carbocycles. The predicted molar refractivity (Wildman–Crippen MR) is 60.1 cm³/mol. The van der Waals surface area contributed by atoms with Gasteiger partial charge in [-0.1, -0.05) is 11.8 Å². The first-order valence-corrected chi connectivity index (χ1v) is 5.55. The highest BCUT2D eigenvalue weighted by atomic mass is 32.2. The Labute approximate surface area is 101 Å². The molecule has 0 saturated carbocycles. The van der Waals surface area contributed by atoms with Gasteiger partial charge >= 0.3 is 0 Å². The fourth-order valence-electron chi connectivity index (χ4n) is 1.24. The number of aldehydes is 1. The van der Waals surface area contributed by atoms with Gasteiger partial charge in [0.2, 0.25) is 0 Å². The minimum atomic E-state index is -0.669. The third-order valence-electron chi connectivity index (χ3n) is 2.03. The molecule has 0 radical (unpaired) electrons. The van der Waals surface area contributed by atoms with Crippen LogP contribution in [0.5, 0.6) is 0 Å². The Morgan fingerprint density at radius 3 is 2.76 bits per heavy atom. The molecule has 5 heteroatoms. The van der Waals surface area contributed by atoms with Crippen LogP contribution in [-0.4, -0.2) is 11.3 Å². The second-order valence-corrected chi connectivity index (χ2v) is 4.22. The summed E-state index contributed by atoms with van der Waals surface area (Å²) in [5.41, 5.74) is 0.376. The van der Waals surface area contributed by atoms with Crippen LogP contribution in [0.4, 0.5) is 8.78 Å². The number of rotatable bonds is 3. The first-order valence-electron chi connectivity index (χ1n) is 4.74. The van der Waals surface area contributed by atoms with Gasteiger partial charge in [-0.15, -0.1) is 0 Å². The van der Waals surface area contributed by atoms with E-state index in [0.29, 0.717) is 16.9 Å². The van der Waals surface area contributed by atoms with Crippen LogP contribution >= 0.6 is 11.8 Å². The highest BCUT2D eigenvalue weighted by Gasteiger charge is 2.09. The lowest BCUT2D eigenvalue weighted by Gasteiger charge is -2.04. The molecule has 0 fully saturated rings. The van der Waals surface area contributed by atoms with Gasteiger partial charge in [-0.3, -0.25) is 4.79 Å². The molecule has 0 aliphatic carbocycles. The SMILES string of the molecule is O=Cc1cccnc1Sc1ccc(F)cc1F. The van der Waals surface area contributed by atoms with Crippen molar-refractivity contribution in [3.05, 3.63) is 53.7 Å². The molecule has 2 rings (SSSR count). The lowest BCUT2D eigenvalue weighted by Crippen LogP contribution is -1.90. The zero-order valence-electron chi connectivity index (χ0n) is 8.56. The second kappa shape index (κ2) is 5.05. The minimum Gasteiger partial charge on any atom is -0.298 e. The van der Waals surface area contributed by atoms with Gasteiger partial charge in [-0.25, -0.2) is 13.8 Å². The Morgan fingerprint density at radius 2 is 2.06 bits per heavy atom. The van der Waals surface area contributed by atoms with E-state index < -0.39 is 11.6 Å². The van der Waals surface area contributed by atoms with Crippen LogP contribution in [0.2, 0.25) is 0 Å². The van der Waals surface area contributed by atoms with Gasteiger partial charge in [0.1, 0.15) is 16.7 Å². The van der Waals surface area contributed by atoms with Gasteiger partial charge < -0.3 is 0 Å². The lowest BCUT2D eigenvalue weighted by molar-refractivity contribution is 0.112. The van der Waals surface area contributed by atoms with Crippen LogP contribution in [0, 0.1) is 11.6 Å². The summed E-state index contributed by atoms with van der Waals surface area (Å²) in [6, 6.07) is 6.48. The van der Waals surface area contributed by atoms with Crippen LogP contribution in [0.25, 0.3) is 0 Å². The summed E-state index contributed by atoms with van der Waals surface area (Å²) in [5, 5.41) is 0.396. The Kier molecular flexibility index (Phi) is 3.49. The Hall–Kier alpha value is -1.75. The average molecular weight is 251 g/mol. The van der Waals surface area contributed by atoms with E-state index in [1.54, 1.807) is 12.1 Å². The van der Waals surface area contributed by atoms with Crippen LogP contribution < -0.4 is 0 Å². The maximum Gasteiger partial charge on any atom is 0.152 e. The summed E-state index contributed by atoms with van der Waals surface area (Å²) in [7, 11) is 0. The summed E-state index contributed by atoms with van der Waals surface area (Å²) in [5.74, 6) is -1.30. The number of hydrogen-bond acceptors (Lipinski definition) is 3. The summed E-state index contributed by atoms with van der Waals surface area (Å²) < 4.78 is 26.1. The summed E-state index contributed by atoms with van der Waals surface area (Å²) in [6.45, 7) is 0. The van der Waals surface area contributed by atoms with Crippen molar-refractivity contribution in [1.82, 2.24) is 4.98 Å². The molecular weight excluding hydrogens is 244 g/mol. The zero-order chi connectivity index (χ0) is 12.3. The lowest BCUT2D eigenvalue weighted by atomic mass is 10.3. The molecule has 0 N–H and O–H groups in total. The van der Waals surface area contributed by atoms with Crippen LogP contribution in [0.3, 0.4) is 0 Å². The number of pyridine rings is 1. The molecule has 0 aliphatic rings. The fourth-order valence-corrected chi connectivity index (χ4v) is 2.09. The van der Waals surface area contributed by atoms with Crippen LogP contribution in [0.1, 0.15) is 10.4 Å². The molecule has 0 aliphatic heterocycles. The Bertz CT molecular complexity index is 560. The van der Waals surface area contributed by atoms with Crippen molar-refractivity contribution in [1.29, 1.82) is 0 Å². The van der Waals surface area contributed by atoms with Crippen LogP contribution in [0.15, 0.2) is 46.5 Å². The van der Waals surface area contributed by atoms with Gasteiger partial charge in [-0.2, -0.15) is 0 Å². The average Bonchev–Trinajstić information content (AvgIpc) is 2.33. The molecule has 2 aromatic rings. The number of carbonyl (C=O) groups excluding carboxylic acids is 1. The van der Waals surface area contributed by atoms with Gasteiger partial charge in [0, 0.05) is 22.7 Å². The third kappa shape index (κ3) is 2.68. The number of halogens is 2. The molecule has 0 amide bonds. The number of aromatic nitrogens is 1. The molecule has 0 atom stereocenters. The molecule has 17 heavy (non-hydrogen) atoms. The second-order valence-electron chi connectivity index (χ2n) is 3.19. The molecule has 1 aromatic heterocycles. The molecule has 0 spiro atoms. The van der Waals surface area contributed by atoms with Crippen molar-refractivity contribution in [3.63, 3.8) is 0 Å². The van der Waals surface area contributed by atoms with Crippen LogP contribution in [-0.2, 0) is 0 Å². The highest BCUT2D eigenvalue weighted by Crippen LogP contribution is 2.30. The molecule has 0 bridgehead atoms. The van der Waals surface area contributed by atoms with E-state index in [1.165, 1.54) is 12.3 Å². The first kappa shape index (κ1) is 11.7. The Balaban J connectivity index is 2.34. The summed E-state index contributed by atoms with van der Waals surface area (Å²) >= 11 is 0.990. The van der Waals surface area contributed by atoms with E-state index in [0.717, 1.165) is 23.9 Å². The topological polar surface area (TPSA) is 30.0 Å². The minimum absolute atomic E-state index is 0.230. The van der Waals surface area contributed by atoms with E-state index in [-0.39, 0.29) is 4.90 Å². The Morgan fingerprint density at radius 1 is 1.24 bits per heavy atom. The third-order valence-corrected chi connectivity index (χ3v) is 3.11. The summed E-state index contributed by atoms with van der Waals surface area (Å²) in [4.78, 5) is 15.0. The smallest absolute Gasteiger partial charge is 0.152 e. The molecule has 0 unspecified atom stereocenters. The van der Waals surface area contributed by atoms with E-state index >= 15 is 0 Å². The normalized spacial score (nSPS) is 10.2. The van der Waals surface area contributed by atoms with Gasteiger partial charge in [0.25, 0.3) is 0 Å².